The minimum Gasteiger partial charge on any atom is -0.496 e. The molecule has 34 heavy (non-hydrogen) atoms. The maximum Gasteiger partial charge on any atom is 0.244 e. The van der Waals surface area contributed by atoms with Crippen molar-refractivity contribution in [3.8, 4) is 29.0 Å². The Morgan fingerprint density at radius 2 is 1.97 bits per heavy atom. The zero-order chi connectivity index (χ0) is 23.5. The Morgan fingerprint density at radius 3 is 2.71 bits per heavy atom. The lowest BCUT2D eigenvalue weighted by Gasteiger charge is -2.25. The van der Waals surface area contributed by atoms with Crippen LogP contribution in [0.5, 0.6) is 11.6 Å². The first-order valence-corrected chi connectivity index (χ1v) is 11.6. The van der Waals surface area contributed by atoms with Crippen molar-refractivity contribution in [3.05, 3.63) is 101 Å². The number of nitrogens with zero attached hydrogens (tertiary/aromatic N) is 3. The number of allylic oxidation sites excluding steroid dienone is 1. The lowest BCUT2D eigenvalue weighted by molar-refractivity contribution is 0.379. The maximum absolute atomic E-state index is 10.0. The average molecular weight is 468 g/mol. The van der Waals surface area contributed by atoms with Crippen LogP contribution in [0.25, 0.3) is 11.3 Å². The number of nitrogens with one attached hydrogen (secondary N) is 1. The van der Waals surface area contributed by atoms with E-state index in [1.807, 2.05) is 60.7 Å². The van der Waals surface area contributed by atoms with E-state index in [1.54, 1.807) is 25.1 Å². The molecule has 0 saturated carbocycles. The summed E-state index contributed by atoms with van der Waals surface area (Å²) in [5, 5.41) is 18.4. The highest BCUT2D eigenvalue weighted by Crippen LogP contribution is 2.46. The number of thioether (sulfide) groups is 1. The van der Waals surface area contributed by atoms with Crippen molar-refractivity contribution >= 4 is 11.8 Å². The molecule has 2 aromatic carbocycles. The molecule has 0 radical (unpaired) electrons. The third-order valence-electron chi connectivity index (χ3n) is 5.65. The normalized spacial score (nSPS) is 14.8. The van der Waals surface area contributed by atoms with Crippen LogP contribution >= 0.6 is 11.8 Å². The molecule has 1 aliphatic heterocycles. The predicted octanol–water partition coefficient (Wildman–Crippen LogP) is 4.99. The number of ether oxygens (including phenoxy) is 2. The highest BCUT2D eigenvalue weighted by atomic mass is 32.2. The molecule has 1 aliphatic rings. The Bertz CT molecular complexity index is 1390. The molecular formula is C26H21N5O2S. The summed E-state index contributed by atoms with van der Waals surface area (Å²) in [4.78, 5) is 4.39. The monoisotopic (exact) mass is 467 g/mol. The van der Waals surface area contributed by atoms with E-state index in [2.05, 4.69) is 27.3 Å². The smallest absolute Gasteiger partial charge is 0.244 e. The Labute approximate surface area is 201 Å². The molecule has 3 N–H and O–H groups in total. The van der Waals surface area contributed by atoms with Crippen molar-refractivity contribution in [2.45, 2.75) is 16.7 Å². The number of benzene rings is 2. The van der Waals surface area contributed by atoms with Crippen LogP contribution in [0.3, 0.4) is 0 Å². The molecule has 0 amide bonds. The van der Waals surface area contributed by atoms with Gasteiger partial charge in [0.25, 0.3) is 0 Å². The molecule has 168 valence electrons. The molecule has 0 saturated heterocycles. The molecule has 0 spiro atoms. The third kappa shape index (κ3) is 3.98. The van der Waals surface area contributed by atoms with Gasteiger partial charge in [0.15, 0.2) is 0 Å². The number of aromatic nitrogens is 3. The SMILES string of the molecule is COc1ccc([C@H]2C(C#N)=C(N)Oc3n[nH]c(-c4ccccc4)c32)cc1CSc1ccccn1. The Morgan fingerprint density at radius 1 is 1.15 bits per heavy atom. The molecule has 4 aromatic rings. The van der Waals surface area contributed by atoms with Crippen LogP contribution in [0.2, 0.25) is 0 Å². The molecule has 0 unspecified atom stereocenters. The number of nitriles is 1. The number of nitrogens with two attached hydrogens (primary N) is 1. The molecule has 3 heterocycles. The topological polar surface area (TPSA) is 110 Å². The third-order valence-corrected chi connectivity index (χ3v) is 6.65. The zero-order valence-electron chi connectivity index (χ0n) is 18.4. The van der Waals surface area contributed by atoms with E-state index in [4.69, 9.17) is 15.2 Å². The van der Waals surface area contributed by atoms with Gasteiger partial charge in [-0.2, -0.15) is 5.26 Å². The Balaban J connectivity index is 1.60. The van der Waals surface area contributed by atoms with Gasteiger partial charge in [-0.25, -0.2) is 4.98 Å². The van der Waals surface area contributed by atoms with Crippen LogP contribution in [-0.4, -0.2) is 22.3 Å². The number of hydrogen-bond donors (Lipinski definition) is 2. The van der Waals surface area contributed by atoms with Gasteiger partial charge in [0.05, 0.1) is 29.3 Å². The minimum absolute atomic E-state index is 0.0614. The van der Waals surface area contributed by atoms with Crippen LogP contribution in [0.1, 0.15) is 22.6 Å². The van der Waals surface area contributed by atoms with Crippen molar-refractivity contribution in [1.82, 2.24) is 15.2 Å². The number of aromatic amines is 1. The van der Waals surface area contributed by atoms with Crippen molar-refractivity contribution in [2.75, 3.05) is 7.11 Å². The van der Waals surface area contributed by atoms with Crippen LogP contribution in [-0.2, 0) is 5.75 Å². The van der Waals surface area contributed by atoms with E-state index in [-0.39, 0.29) is 5.88 Å². The second-order valence-corrected chi connectivity index (χ2v) is 8.63. The van der Waals surface area contributed by atoms with Gasteiger partial charge in [-0.15, -0.1) is 16.9 Å². The Kier molecular flexibility index (Phi) is 5.93. The van der Waals surface area contributed by atoms with Crippen molar-refractivity contribution in [2.24, 2.45) is 5.73 Å². The van der Waals surface area contributed by atoms with E-state index in [1.165, 1.54) is 0 Å². The van der Waals surface area contributed by atoms with Crippen LogP contribution < -0.4 is 15.2 Å². The first kappa shape index (κ1) is 21.6. The van der Waals surface area contributed by atoms with Gasteiger partial charge < -0.3 is 15.2 Å². The summed E-state index contributed by atoms with van der Waals surface area (Å²) in [7, 11) is 1.65. The summed E-state index contributed by atoms with van der Waals surface area (Å²) in [6.07, 6.45) is 1.77. The van der Waals surface area contributed by atoms with Gasteiger partial charge in [0, 0.05) is 17.5 Å². The maximum atomic E-state index is 10.0. The molecular weight excluding hydrogens is 446 g/mol. The molecule has 0 aliphatic carbocycles. The summed E-state index contributed by atoms with van der Waals surface area (Å²) in [5.74, 6) is 1.42. The minimum atomic E-state index is -0.438. The lowest BCUT2D eigenvalue weighted by Crippen LogP contribution is -2.21. The molecule has 7 nitrogen and oxygen atoms in total. The summed E-state index contributed by atoms with van der Waals surface area (Å²) in [5.41, 5.74) is 10.9. The second kappa shape index (κ2) is 9.33. The first-order chi connectivity index (χ1) is 16.7. The number of hydrogen-bond acceptors (Lipinski definition) is 7. The summed E-state index contributed by atoms with van der Waals surface area (Å²) >= 11 is 1.62. The first-order valence-electron chi connectivity index (χ1n) is 10.6. The van der Waals surface area contributed by atoms with E-state index in [0.717, 1.165) is 38.7 Å². The van der Waals surface area contributed by atoms with Gasteiger partial charge in [0.2, 0.25) is 11.8 Å². The van der Waals surface area contributed by atoms with Gasteiger partial charge in [-0.05, 0) is 29.3 Å². The van der Waals surface area contributed by atoms with Crippen molar-refractivity contribution in [3.63, 3.8) is 0 Å². The van der Waals surface area contributed by atoms with Crippen LogP contribution in [0.15, 0.2) is 89.4 Å². The quantitative estimate of drug-likeness (QED) is 0.384. The average Bonchev–Trinajstić information content (AvgIpc) is 3.31. The van der Waals surface area contributed by atoms with E-state index in [0.29, 0.717) is 17.2 Å². The second-order valence-electron chi connectivity index (χ2n) is 7.64. The fourth-order valence-electron chi connectivity index (χ4n) is 4.08. The summed E-state index contributed by atoms with van der Waals surface area (Å²) in [6.45, 7) is 0. The van der Waals surface area contributed by atoms with E-state index >= 15 is 0 Å². The Hall–Kier alpha value is -4.22. The molecule has 1 atom stereocenters. The fourth-order valence-corrected chi connectivity index (χ4v) is 4.92. The molecule has 5 rings (SSSR count). The number of rotatable bonds is 6. The summed E-state index contributed by atoms with van der Waals surface area (Å²) < 4.78 is 11.3. The highest BCUT2D eigenvalue weighted by Gasteiger charge is 2.35. The van der Waals surface area contributed by atoms with Gasteiger partial charge in [-0.3, -0.25) is 5.10 Å². The number of H-pyrrole nitrogens is 1. The predicted molar refractivity (Wildman–Crippen MR) is 130 cm³/mol. The molecule has 8 heteroatoms. The number of pyridine rings is 1. The van der Waals surface area contributed by atoms with E-state index in [9.17, 15) is 5.26 Å². The number of fused-ring (bicyclic) bond motifs is 1. The van der Waals surface area contributed by atoms with Crippen LogP contribution in [0, 0.1) is 11.3 Å². The zero-order valence-corrected chi connectivity index (χ0v) is 19.2. The van der Waals surface area contributed by atoms with Gasteiger partial charge in [-0.1, -0.05) is 48.5 Å². The molecule has 0 bridgehead atoms. The molecule has 0 fully saturated rings. The van der Waals surface area contributed by atoms with Crippen molar-refractivity contribution in [1.29, 1.82) is 5.26 Å². The van der Waals surface area contributed by atoms with Crippen molar-refractivity contribution < 1.29 is 9.47 Å². The highest BCUT2D eigenvalue weighted by molar-refractivity contribution is 7.98. The molecule has 2 aromatic heterocycles. The standard InChI is InChI=1S/C26H21N5O2S/c1-32-20-11-10-17(13-18(20)15-34-21-9-5-6-12-29-21)22-19(14-27)25(28)33-26-23(22)24(30-31-26)16-7-3-2-4-8-16/h2-13,22H,15,28H2,1H3,(H,30,31)/t22-/m0/s1. The largest absolute Gasteiger partial charge is 0.496 e. The number of methoxy groups -OCH3 is 1. The summed E-state index contributed by atoms with van der Waals surface area (Å²) in [6, 6.07) is 23.9. The van der Waals surface area contributed by atoms with E-state index < -0.39 is 5.92 Å². The lowest BCUT2D eigenvalue weighted by atomic mass is 9.82. The van der Waals surface area contributed by atoms with Crippen LogP contribution in [0.4, 0.5) is 0 Å². The van der Waals surface area contributed by atoms with Gasteiger partial charge >= 0.3 is 0 Å². The van der Waals surface area contributed by atoms with Gasteiger partial charge in [0.1, 0.15) is 17.4 Å². The fraction of sp³-hybridized carbons (Fsp3) is 0.115.